The summed E-state index contributed by atoms with van der Waals surface area (Å²) in [7, 11) is -7.36. The number of nitrogens with zero attached hydrogens (tertiary/aromatic N) is 2. The molecule has 4 N–H and O–H groups in total. The van der Waals surface area contributed by atoms with Gasteiger partial charge in [0.1, 0.15) is 23.2 Å². The van der Waals surface area contributed by atoms with Gasteiger partial charge in [-0.25, -0.2) is 26.3 Å². The monoisotopic (exact) mass is 898 g/mol. The minimum atomic E-state index is -3.71. The largest absolute Gasteiger partial charge is 0.471 e. The zero-order valence-corrected chi connectivity index (χ0v) is 36.0. The molecule has 2 atom stereocenters. The molecule has 2 unspecified atom stereocenters. The third-order valence-corrected chi connectivity index (χ3v) is 15.6. The van der Waals surface area contributed by atoms with Crippen molar-refractivity contribution >= 4 is 78.2 Å². The fraction of sp³-hybridized carbons (Fsp3) is 0.385. The molecule has 0 radical (unpaired) electrons. The molecule has 1 aromatic carbocycles. The molecule has 4 aliphatic rings. The molecule has 0 spiro atoms. The van der Waals surface area contributed by atoms with Crippen LogP contribution in [0, 0.1) is 0 Å². The molecule has 0 bridgehead atoms. The number of rotatable bonds is 11. The van der Waals surface area contributed by atoms with Crippen LogP contribution in [0.2, 0.25) is 0 Å². The van der Waals surface area contributed by atoms with E-state index in [0.29, 0.717) is 41.0 Å². The van der Waals surface area contributed by atoms with E-state index in [9.17, 15) is 45.6 Å². The van der Waals surface area contributed by atoms with E-state index in [4.69, 9.17) is 4.42 Å². The van der Waals surface area contributed by atoms with Gasteiger partial charge in [-0.1, -0.05) is 32.9 Å². The summed E-state index contributed by atoms with van der Waals surface area (Å²) >= 11 is 2.71. The van der Waals surface area contributed by atoms with Gasteiger partial charge in [0.25, 0.3) is 11.8 Å². The molecule has 17 nitrogen and oxygen atoms in total. The van der Waals surface area contributed by atoms with Crippen molar-refractivity contribution in [1.82, 2.24) is 29.9 Å². The quantitative estimate of drug-likeness (QED) is 0.160. The van der Waals surface area contributed by atoms with Crippen molar-refractivity contribution in [3.8, 4) is 0 Å². The molecule has 4 aromatic rings. The topological polar surface area (TPSA) is 238 Å². The molecule has 0 aliphatic carbocycles. The molecule has 2 saturated heterocycles. The molecule has 21 heteroatoms. The molecule has 6 amide bonds. The van der Waals surface area contributed by atoms with E-state index in [0.717, 1.165) is 22.3 Å². The lowest BCUT2D eigenvalue weighted by atomic mass is 9.87. The van der Waals surface area contributed by atoms with Crippen LogP contribution >= 0.6 is 22.7 Å². The van der Waals surface area contributed by atoms with Crippen molar-refractivity contribution in [3.05, 3.63) is 91.2 Å². The molecular formula is C39H42N6O11S4. The number of carbonyl (C=O) groups excluding carboxylic acids is 6. The lowest BCUT2D eigenvalue weighted by Gasteiger charge is -2.29. The predicted octanol–water partition coefficient (Wildman–Crippen LogP) is 2.91. The van der Waals surface area contributed by atoms with Crippen LogP contribution in [0.1, 0.15) is 93.6 Å². The van der Waals surface area contributed by atoms with Gasteiger partial charge in [0.15, 0.2) is 0 Å². The maximum absolute atomic E-state index is 12.8. The number of furan rings is 1. The van der Waals surface area contributed by atoms with Crippen LogP contribution in [0.15, 0.2) is 67.8 Å². The van der Waals surface area contributed by atoms with Crippen LogP contribution in [0.25, 0.3) is 0 Å². The zero-order chi connectivity index (χ0) is 43.1. The Morgan fingerprint density at radius 2 is 1.23 bits per heavy atom. The van der Waals surface area contributed by atoms with Gasteiger partial charge in [0, 0.05) is 59.5 Å². The highest BCUT2D eigenvalue weighted by Gasteiger charge is 2.42. The first-order chi connectivity index (χ1) is 28.3. The van der Waals surface area contributed by atoms with E-state index in [-0.39, 0.29) is 77.7 Å². The SMILES string of the molecule is CC(C)(C)c1ccc(S(=O)(=O)NCCc2scc3c2CN(C2CCC(=O)NC2=O)C3=O)cc1.O=C1CCC(N2Cc3c(csc3CNS(=O)(=O)c3ccoc3)C2=O)C(=O)N1. The van der Waals surface area contributed by atoms with Crippen molar-refractivity contribution in [2.24, 2.45) is 0 Å². The van der Waals surface area contributed by atoms with Gasteiger partial charge in [0.2, 0.25) is 43.7 Å². The Morgan fingerprint density at radius 1 is 0.717 bits per heavy atom. The second-order valence-electron chi connectivity index (χ2n) is 15.6. The second-order valence-corrected chi connectivity index (χ2v) is 21.1. The third kappa shape index (κ3) is 8.86. The van der Waals surface area contributed by atoms with Gasteiger partial charge in [-0.05, 0) is 59.6 Å². The molecular weight excluding hydrogens is 857 g/mol. The summed E-state index contributed by atoms with van der Waals surface area (Å²) in [5.74, 6) is -2.08. The Hall–Kier alpha value is -5.06. The van der Waals surface area contributed by atoms with Crippen molar-refractivity contribution in [2.75, 3.05) is 6.54 Å². The number of thiophene rings is 2. The van der Waals surface area contributed by atoms with E-state index >= 15 is 0 Å². The lowest BCUT2D eigenvalue weighted by Crippen LogP contribution is -2.52. The molecule has 8 rings (SSSR count). The molecule has 3 aromatic heterocycles. The molecule has 0 saturated carbocycles. The van der Waals surface area contributed by atoms with Crippen LogP contribution in [0.4, 0.5) is 0 Å². The third-order valence-electron chi connectivity index (χ3n) is 10.7. The number of benzene rings is 1. The first kappa shape index (κ1) is 43.0. The summed E-state index contributed by atoms with van der Waals surface area (Å²) < 4.78 is 59.7. The number of imide groups is 2. The number of amides is 6. The first-order valence-electron chi connectivity index (χ1n) is 18.9. The van der Waals surface area contributed by atoms with E-state index in [1.54, 1.807) is 22.9 Å². The summed E-state index contributed by atoms with van der Waals surface area (Å²) in [5.41, 5.74) is 3.57. The Labute approximate surface area is 354 Å². The average Bonchev–Trinajstić information content (AvgIpc) is 4.03. The Balaban J connectivity index is 0.000000185. The van der Waals surface area contributed by atoms with Crippen molar-refractivity contribution in [2.45, 2.75) is 99.8 Å². The van der Waals surface area contributed by atoms with Crippen molar-refractivity contribution < 1.29 is 50.0 Å². The van der Waals surface area contributed by atoms with Crippen LogP contribution in [0.3, 0.4) is 0 Å². The summed E-state index contributed by atoms with van der Waals surface area (Å²) in [4.78, 5) is 77.2. The maximum atomic E-state index is 12.8. The summed E-state index contributed by atoms with van der Waals surface area (Å²) in [5, 5.41) is 7.98. The van der Waals surface area contributed by atoms with Crippen molar-refractivity contribution in [1.29, 1.82) is 0 Å². The average molecular weight is 899 g/mol. The van der Waals surface area contributed by atoms with Gasteiger partial charge in [-0.15, -0.1) is 22.7 Å². The van der Waals surface area contributed by atoms with Gasteiger partial charge in [0.05, 0.1) is 22.3 Å². The second kappa shape index (κ2) is 16.8. The van der Waals surface area contributed by atoms with Crippen LogP contribution in [0.5, 0.6) is 0 Å². The maximum Gasteiger partial charge on any atom is 0.256 e. The van der Waals surface area contributed by atoms with Crippen LogP contribution in [-0.2, 0) is 70.7 Å². The summed E-state index contributed by atoms with van der Waals surface area (Å²) in [6.07, 6.45) is 3.84. The van der Waals surface area contributed by atoms with Crippen LogP contribution in [-0.4, -0.2) is 80.7 Å². The molecule has 318 valence electrons. The fourth-order valence-electron chi connectivity index (χ4n) is 7.33. The number of fused-ring (bicyclic) bond motifs is 2. The number of carbonyl (C=O) groups is 6. The smallest absolute Gasteiger partial charge is 0.256 e. The molecule has 4 aliphatic heterocycles. The van der Waals surface area contributed by atoms with E-state index in [1.165, 1.54) is 44.8 Å². The highest BCUT2D eigenvalue weighted by Crippen LogP contribution is 2.35. The first-order valence-corrected chi connectivity index (χ1v) is 23.7. The molecule has 7 heterocycles. The van der Waals surface area contributed by atoms with Crippen LogP contribution < -0.4 is 20.1 Å². The predicted molar refractivity (Wildman–Crippen MR) is 217 cm³/mol. The van der Waals surface area contributed by atoms with Gasteiger partial charge >= 0.3 is 0 Å². The number of piperidine rings is 2. The van der Waals surface area contributed by atoms with Crippen molar-refractivity contribution in [3.63, 3.8) is 0 Å². The number of sulfonamides is 2. The highest BCUT2D eigenvalue weighted by atomic mass is 32.2. The number of hydrogen-bond donors (Lipinski definition) is 4. The molecule has 60 heavy (non-hydrogen) atoms. The normalized spacial score (nSPS) is 19.5. The zero-order valence-electron chi connectivity index (χ0n) is 32.7. The Morgan fingerprint density at radius 3 is 1.73 bits per heavy atom. The van der Waals surface area contributed by atoms with Gasteiger partial charge < -0.3 is 14.2 Å². The lowest BCUT2D eigenvalue weighted by molar-refractivity contribution is -0.138. The number of nitrogens with one attached hydrogen (secondary N) is 4. The highest BCUT2D eigenvalue weighted by molar-refractivity contribution is 7.89. The summed E-state index contributed by atoms with van der Waals surface area (Å²) in [6, 6.07) is 6.88. The minimum Gasteiger partial charge on any atom is -0.471 e. The van der Waals surface area contributed by atoms with Gasteiger partial charge in [-0.3, -0.25) is 39.4 Å². The Bertz CT molecular complexity index is 2590. The van der Waals surface area contributed by atoms with E-state index in [2.05, 4.69) is 40.8 Å². The summed E-state index contributed by atoms with van der Waals surface area (Å²) in [6.45, 7) is 6.95. The molecule has 2 fully saturated rings. The standard InChI is InChI=1S/C23H27N3O5S2.C16H15N3O6S2/c1-23(2,3)14-4-6-15(7-5-14)33(30,31)24-11-10-19-16-12-26(22(29)17(16)13-32-19)18-8-9-20(27)25-21(18)28;20-14-2-1-12(15(21)18-14)19-6-10-11(16(19)22)8-26-13(10)5-17-27(23,24)9-3-4-25-7-9/h4-7,13,18,24H,8-12H2,1-3H3,(H,25,27,28);3-4,7-8,12,17H,1-2,5-6H2,(H,18,20,21). The number of hydrogen-bond acceptors (Lipinski definition) is 13. The fourth-order valence-corrected chi connectivity index (χ4v) is 11.4. The van der Waals surface area contributed by atoms with E-state index < -0.39 is 43.9 Å². The minimum absolute atomic E-state index is 0.0250. The Kier molecular flexibility index (Phi) is 12.0. The van der Waals surface area contributed by atoms with E-state index in [1.807, 2.05) is 12.1 Å². The van der Waals surface area contributed by atoms with Gasteiger partial charge in [-0.2, -0.15) is 0 Å².